The zero-order chi connectivity index (χ0) is 17.5. The maximum atomic E-state index is 11.7. The van der Waals surface area contributed by atoms with Gasteiger partial charge in [-0.15, -0.1) is 0 Å². The fourth-order valence-corrected chi connectivity index (χ4v) is 1.76. The van der Waals surface area contributed by atoms with Gasteiger partial charge in [0.15, 0.2) is 18.1 Å². The van der Waals surface area contributed by atoms with E-state index in [4.69, 9.17) is 4.74 Å². The van der Waals surface area contributed by atoms with Gasteiger partial charge in [-0.05, 0) is 29.8 Å². The number of ether oxygens (including phenoxy) is 1. The predicted octanol–water partition coefficient (Wildman–Crippen LogP) is 1.97. The Kier molecular flexibility index (Phi) is 5.35. The highest BCUT2D eigenvalue weighted by molar-refractivity contribution is 5.78. The first-order chi connectivity index (χ1) is 11.5. The minimum atomic E-state index is -0.502. The van der Waals surface area contributed by atoms with Crippen molar-refractivity contribution in [2.45, 2.75) is 0 Å². The summed E-state index contributed by atoms with van der Waals surface area (Å²) in [6.07, 6.45) is 0. The normalized spacial score (nSPS) is 9.83. The monoisotopic (exact) mass is 329 g/mol. The molecular formula is C16H15N3O5. The molecule has 3 N–H and O–H groups in total. The van der Waals surface area contributed by atoms with Gasteiger partial charge in [0.25, 0.3) is 11.6 Å². The van der Waals surface area contributed by atoms with Crippen LogP contribution in [0.3, 0.4) is 0 Å². The molecule has 0 saturated carbocycles. The van der Waals surface area contributed by atoms with E-state index in [1.54, 1.807) is 12.1 Å². The number of para-hydroxylation sites is 2. The van der Waals surface area contributed by atoms with Crippen LogP contribution in [0.5, 0.6) is 11.5 Å². The van der Waals surface area contributed by atoms with Crippen LogP contribution in [0.2, 0.25) is 0 Å². The zero-order valence-corrected chi connectivity index (χ0v) is 12.6. The number of aromatic hydroxyl groups is 1. The minimum Gasteiger partial charge on any atom is -0.504 e. The number of amides is 1. The molecule has 0 spiro atoms. The number of nitrogens with zero attached hydrogens (tertiary/aromatic N) is 1. The number of phenolic OH excluding ortho intramolecular Hbond substituents is 1. The minimum absolute atomic E-state index is 0.0355. The van der Waals surface area contributed by atoms with Gasteiger partial charge in [0, 0.05) is 12.1 Å². The highest BCUT2D eigenvalue weighted by atomic mass is 16.6. The Bertz CT molecular complexity index is 759. The second kappa shape index (κ2) is 7.63. The summed E-state index contributed by atoms with van der Waals surface area (Å²) in [7, 11) is 0. The molecule has 0 aromatic heterocycles. The van der Waals surface area contributed by atoms with Crippen molar-refractivity contribution in [3.63, 3.8) is 0 Å². The first-order valence-electron chi connectivity index (χ1n) is 6.87. The third kappa shape index (κ3) is 4.47. The van der Waals surface area contributed by atoms with Gasteiger partial charge in [0.1, 0.15) is 0 Å². The van der Waals surface area contributed by atoms with Crippen LogP contribution in [-0.2, 0) is 4.79 Å². The number of nitro groups is 1. The van der Waals surface area contributed by atoms with Gasteiger partial charge in [-0.2, -0.15) is 0 Å². The molecule has 0 atom stereocenters. The van der Waals surface area contributed by atoms with Gasteiger partial charge in [-0.3, -0.25) is 25.8 Å². The van der Waals surface area contributed by atoms with Crippen molar-refractivity contribution >= 4 is 17.3 Å². The van der Waals surface area contributed by atoms with E-state index in [-0.39, 0.29) is 23.8 Å². The lowest BCUT2D eigenvalue weighted by Gasteiger charge is -2.12. The summed E-state index contributed by atoms with van der Waals surface area (Å²) in [5.41, 5.74) is 5.88. The smallest absolute Gasteiger partial charge is 0.276 e. The number of non-ortho nitro benzene ring substituents is 1. The molecular weight excluding hydrogens is 314 g/mol. The lowest BCUT2D eigenvalue weighted by atomic mass is 10.1. The van der Waals surface area contributed by atoms with E-state index in [1.807, 2.05) is 0 Å². The van der Waals surface area contributed by atoms with Gasteiger partial charge in [-0.25, -0.2) is 0 Å². The lowest BCUT2D eigenvalue weighted by Crippen LogP contribution is -2.38. The second-order valence-electron chi connectivity index (χ2n) is 4.71. The second-order valence-corrected chi connectivity index (χ2v) is 4.71. The molecule has 8 heteroatoms. The standard InChI is InChI=1S/C16H15N3O5/c1-11(12-6-8-13(9-7-12)19(22)23)17-18-16(21)10-24-15-5-3-2-4-14(15)20/h2-9,17,20H,1,10H2,(H,18,21). The Morgan fingerprint density at radius 2 is 1.83 bits per heavy atom. The molecule has 0 saturated heterocycles. The van der Waals surface area contributed by atoms with Gasteiger partial charge < -0.3 is 9.84 Å². The first kappa shape index (κ1) is 16.8. The molecule has 0 aliphatic carbocycles. The molecule has 0 bridgehead atoms. The number of hydrogen-bond donors (Lipinski definition) is 3. The van der Waals surface area contributed by atoms with Gasteiger partial charge >= 0.3 is 0 Å². The average Bonchev–Trinajstić information content (AvgIpc) is 2.59. The Labute approximate surface area is 137 Å². The molecule has 8 nitrogen and oxygen atoms in total. The Morgan fingerprint density at radius 3 is 2.46 bits per heavy atom. The van der Waals surface area contributed by atoms with Crippen LogP contribution >= 0.6 is 0 Å². The maximum Gasteiger partial charge on any atom is 0.276 e. The summed E-state index contributed by atoms with van der Waals surface area (Å²) in [6.45, 7) is 3.42. The van der Waals surface area contributed by atoms with Crippen LogP contribution in [0.4, 0.5) is 5.69 Å². The van der Waals surface area contributed by atoms with Crippen LogP contribution in [0.1, 0.15) is 5.56 Å². The maximum absolute atomic E-state index is 11.7. The number of phenols is 1. The largest absolute Gasteiger partial charge is 0.504 e. The van der Waals surface area contributed by atoms with Crippen molar-refractivity contribution in [3.8, 4) is 11.5 Å². The summed E-state index contributed by atoms with van der Waals surface area (Å²) in [5.74, 6) is -0.350. The number of rotatable bonds is 7. The van der Waals surface area contributed by atoms with Crippen molar-refractivity contribution < 1.29 is 19.6 Å². The van der Waals surface area contributed by atoms with Crippen molar-refractivity contribution in [2.75, 3.05) is 6.61 Å². The van der Waals surface area contributed by atoms with Crippen LogP contribution < -0.4 is 15.6 Å². The number of carbonyl (C=O) groups is 1. The van der Waals surface area contributed by atoms with E-state index in [1.165, 1.54) is 36.4 Å². The van der Waals surface area contributed by atoms with Crippen LogP contribution in [0.15, 0.2) is 55.1 Å². The number of carbonyl (C=O) groups excluding carboxylic acids is 1. The fourth-order valence-electron chi connectivity index (χ4n) is 1.76. The van der Waals surface area contributed by atoms with Crippen molar-refractivity contribution in [1.82, 2.24) is 10.9 Å². The molecule has 0 fully saturated rings. The number of hydrogen-bond acceptors (Lipinski definition) is 6. The van der Waals surface area contributed by atoms with E-state index in [0.29, 0.717) is 11.3 Å². The summed E-state index contributed by atoms with van der Waals surface area (Å²) < 4.78 is 5.17. The van der Waals surface area contributed by atoms with Crippen LogP contribution in [0.25, 0.3) is 5.70 Å². The molecule has 124 valence electrons. The average molecular weight is 329 g/mol. The molecule has 2 aromatic rings. The van der Waals surface area contributed by atoms with Crippen LogP contribution in [0, 0.1) is 10.1 Å². The van der Waals surface area contributed by atoms with E-state index in [2.05, 4.69) is 17.4 Å². The van der Waals surface area contributed by atoms with Gasteiger partial charge in [0.2, 0.25) is 0 Å². The molecule has 2 aromatic carbocycles. The lowest BCUT2D eigenvalue weighted by molar-refractivity contribution is -0.384. The summed E-state index contributed by atoms with van der Waals surface area (Å²) in [4.78, 5) is 21.8. The fraction of sp³-hybridized carbons (Fsp3) is 0.0625. The Hall–Kier alpha value is -3.55. The molecule has 1 amide bonds. The highest BCUT2D eigenvalue weighted by Crippen LogP contribution is 2.24. The van der Waals surface area contributed by atoms with Crippen molar-refractivity contribution in [2.24, 2.45) is 0 Å². The third-order valence-corrected chi connectivity index (χ3v) is 3.00. The Balaban J connectivity index is 1.81. The summed E-state index contributed by atoms with van der Waals surface area (Å²) >= 11 is 0. The van der Waals surface area contributed by atoms with Crippen molar-refractivity contribution in [1.29, 1.82) is 0 Å². The van der Waals surface area contributed by atoms with Gasteiger partial charge in [0.05, 0.1) is 10.6 Å². The van der Waals surface area contributed by atoms with Gasteiger partial charge in [-0.1, -0.05) is 18.7 Å². The molecule has 0 radical (unpaired) electrons. The first-order valence-corrected chi connectivity index (χ1v) is 6.87. The highest BCUT2D eigenvalue weighted by Gasteiger charge is 2.08. The third-order valence-electron chi connectivity index (χ3n) is 3.00. The SMILES string of the molecule is C=C(NNC(=O)COc1ccccc1O)c1ccc([N+](=O)[O-])cc1. The quantitative estimate of drug-likeness (QED) is 0.528. The van der Waals surface area contributed by atoms with Crippen molar-refractivity contribution in [3.05, 3.63) is 70.8 Å². The zero-order valence-electron chi connectivity index (χ0n) is 12.6. The Morgan fingerprint density at radius 1 is 1.17 bits per heavy atom. The van der Waals surface area contributed by atoms with E-state index in [0.717, 1.165) is 0 Å². The number of hydrazine groups is 1. The molecule has 0 unspecified atom stereocenters. The van der Waals surface area contributed by atoms with E-state index >= 15 is 0 Å². The van der Waals surface area contributed by atoms with E-state index < -0.39 is 10.8 Å². The topological polar surface area (TPSA) is 114 Å². The number of benzene rings is 2. The predicted molar refractivity (Wildman–Crippen MR) is 87.0 cm³/mol. The van der Waals surface area contributed by atoms with Crippen LogP contribution in [-0.4, -0.2) is 22.5 Å². The summed E-state index contributed by atoms with van der Waals surface area (Å²) in [5, 5.41) is 20.1. The molecule has 0 heterocycles. The molecule has 2 rings (SSSR count). The number of nitro benzene ring substituents is 1. The molecule has 0 aliphatic rings. The number of nitrogens with one attached hydrogen (secondary N) is 2. The molecule has 24 heavy (non-hydrogen) atoms. The molecule has 0 aliphatic heterocycles. The summed E-state index contributed by atoms with van der Waals surface area (Å²) in [6, 6.07) is 12.0. The van der Waals surface area contributed by atoms with E-state index in [9.17, 15) is 20.0 Å².